The van der Waals surface area contributed by atoms with E-state index in [4.69, 9.17) is 0 Å². The van der Waals surface area contributed by atoms with E-state index in [0.29, 0.717) is 6.54 Å². The van der Waals surface area contributed by atoms with Gasteiger partial charge in [-0.15, -0.1) is 0 Å². The lowest BCUT2D eigenvalue weighted by Crippen LogP contribution is -2.23. The van der Waals surface area contributed by atoms with Crippen LogP contribution in [0.15, 0.2) is 42.7 Å². The van der Waals surface area contributed by atoms with Gasteiger partial charge in [0.1, 0.15) is 0 Å². The van der Waals surface area contributed by atoms with E-state index in [2.05, 4.69) is 10.4 Å². The fraction of sp³-hybridized carbons (Fsp3) is 0.235. The average Bonchev–Trinajstić information content (AvgIpc) is 2.90. The van der Waals surface area contributed by atoms with Crippen molar-refractivity contribution in [2.75, 3.05) is 12.4 Å². The molecule has 0 bridgehead atoms. The summed E-state index contributed by atoms with van der Waals surface area (Å²) in [6.07, 6.45) is 6.91. The highest BCUT2D eigenvalue weighted by Crippen LogP contribution is 2.11. The van der Waals surface area contributed by atoms with Gasteiger partial charge >= 0.3 is 0 Å². The number of benzene rings is 1. The molecule has 1 aromatic heterocycles. The van der Waals surface area contributed by atoms with Gasteiger partial charge in [-0.3, -0.25) is 14.3 Å². The van der Waals surface area contributed by atoms with E-state index < -0.39 is 0 Å². The summed E-state index contributed by atoms with van der Waals surface area (Å²) in [5.74, 6) is -0.194. The van der Waals surface area contributed by atoms with E-state index in [1.807, 2.05) is 25.4 Å². The van der Waals surface area contributed by atoms with E-state index in [1.54, 1.807) is 41.0 Å². The van der Waals surface area contributed by atoms with Crippen molar-refractivity contribution in [1.29, 1.82) is 0 Å². The standard InChI is InChI=1S/C17H20N4O2/c1-13(22)19-16-7-4-14(5-8-16)6-9-17(23)20(2)11-15-10-18-21(3)12-15/h4-10,12H,11H2,1-3H3,(H,19,22)/b9-6+. The van der Waals surface area contributed by atoms with Crippen LogP contribution < -0.4 is 5.32 Å². The Balaban J connectivity index is 1.93. The van der Waals surface area contributed by atoms with E-state index in [0.717, 1.165) is 16.8 Å². The summed E-state index contributed by atoms with van der Waals surface area (Å²) in [5, 5.41) is 6.78. The maximum absolute atomic E-state index is 12.1. The largest absolute Gasteiger partial charge is 0.338 e. The number of anilines is 1. The lowest BCUT2D eigenvalue weighted by Gasteiger charge is -2.13. The minimum atomic E-state index is -0.111. The molecule has 2 rings (SSSR count). The number of carbonyl (C=O) groups excluding carboxylic acids is 2. The number of carbonyl (C=O) groups is 2. The van der Waals surface area contributed by atoms with Crippen LogP contribution >= 0.6 is 0 Å². The molecule has 0 radical (unpaired) electrons. The Morgan fingerprint density at radius 3 is 2.57 bits per heavy atom. The van der Waals surface area contributed by atoms with Crippen LogP contribution in [0.3, 0.4) is 0 Å². The van der Waals surface area contributed by atoms with E-state index in [-0.39, 0.29) is 11.8 Å². The first kappa shape index (κ1) is 16.5. The fourth-order valence-corrected chi connectivity index (χ4v) is 2.08. The summed E-state index contributed by atoms with van der Waals surface area (Å²) >= 11 is 0. The van der Waals surface area contributed by atoms with Crippen LogP contribution in [0.1, 0.15) is 18.1 Å². The Bertz CT molecular complexity index is 716. The third-order valence-corrected chi connectivity index (χ3v) is 3.20. The molecular weight excluding hydrogens is 292 g/mol. The Hall–Kier alpha value is -2.89. The molecule has 1 N–H and O–H groups in total. The van der Waals surface area contributed by atoms with Crippen molar-refractivity contribution < 1.29 is 9.59 Å². The van der Waals surface area contributed by atoms with Crippen molar-refractivity contribution in [3.8, 4) is 0 Å². The van der Waals surface area contributed by atoms with Crippen LogP contribution in [0.5, 0.6) is 0 Å². The number of amides is 2. The minimum Gasteiger partial charge on any atom is -0.338 e. The van der Waals surface area contributed by atoms with Crippen molar-refractivity contribution in [3.63, 3.8) is 0 Å². The van der Waals surface area contributed by atoms with Crippen molar-refractivity contribution >= 4 is 23.6 Å². The van der Waals surface area contributed by atoms with Crippen LogP contribution in [-0.2, 0) is 23.2 Å². The topological polar surface area (TPSA) is 67.2 Å². The Kier molecular flexibility index (Phi) is 5.30. The second kappa shape index (κ2) is 7.40. The van der Waals surface area contributed by atoms with Gasteiger partial charge in [0.25, 0.3) is 0 Å². The summed E-state index contributed by atoms with van der Waals surface area (Å²) < 4.78 is 1.71. The number of aromatic nitrogens is 2. The zero-order valence-electron chi connectivity index (χ0n) is 13.5. The van der Waals surface area contributed by atoms with Gasteiger partial charge in [-0.05, 0) is 23.8 Å². The van der Waals surface area contributed by atoms with Crippen molar-refractivity contribution in [3.05, 3.63) is 53.9 Å². The van der Waals surface area contributed by atoms with Gasteiger partial charge in [0.15, 0.2) is 0 Å². The lowest BCUT2D eigenvalue weighted by atomic mass is 10.2. The molecule has 0 saturated carbocycles. The number of nitrogens with one attached hydrogen (secondary N) is 1. The quantitative estimate of drug-likeness (QED) is 0.859. The summed E-state index contributed by atoms with van der Waals surface area (Å²) in [6, 6.07) is 7.28. The Morgan fingerprint density at radius 2 is 2.00 bits per heavy atom. The first-order valence-corrected chi connectivity index (χ1v) is 7.22. The van der Waals surface area contributed by atoms with Gasteiger partial charge in [-0.2, -0.15) is 5.10 Å². The molecule has 1 heterocycles. The number of likely N-dealkylation sites (N-methyl/N-ethyl adjacent to an activating group) is 1. The first-order chi connectivity index (χ1) is 10.9. The van der Waals surface area contributed by atoms with Crippen molar-refractivity contribution in [2.45, 2.75) is 13.5 Å². The molecule has 23 heavy (non-hydrogen) atoms. The predicted octanol–water partition coefficient (Wildman–Crippen LogP) is 2.05. The number of nitrogens with zero attached hydrogens (tertiary/aromatic N) is 3. The second-order valence-electron chi connectivity index (χ2n) is 5.35. The summed E-state index contributed by atoms with van der Waals surface area (Å²) in [7, 11) is 3.59. The molecule has 2 aromatic rings. The lowest BCUT2D eigenvalue weighted by molar-refractivity contribution is -0.125. The minimum absolute atomic E-state index is 0.0835. The van der Waals surface area contributed by atoms with Gasteiger partial charge in [-0.1, -0.05) is 12.1 Å². The van der Waals surface area contributed by atoms with E-state index in [9.17, 15) is 9.59 Å². The SMILES string of the molecule is CC(=O)Nc1ccc(/C=C/C(=O)N(C)Cc2cnn(C)c2)cc1. The molecule has 120 valence electrons. The molecule has 6 nitrogen and oxygen atoms in total. The van der Waals surface area contributed by atoms with Gasteiger partial charge < -0.3 is 10.2 Å². The van der Waals surface area contributed by atoms with Gasteiger partial charge in [0, 0.05) is 51.1 Å². The van der Waals surface area contributed by atoms with Gasteiger partial charge in [0.05, 0.1) is 6.20 Å². The molecule has 0 saturated heterocycles. The predicted molar refractivity (Wildman–Crippen MR) is 89.5 cm³/mol. The zero-order valence-corrected chi connectivity index (χ0v) is 13.5. The highest BCUT2D eigenvalue weighted by Gasteiger charge is 2.07. The highest BCUT2D eigenvalue weighted by atomic mass is 16.2. The van der Waals surface area contributed by atoms with Crippen LogP contribution in [0.25, 0.3) is 6.08 Å². The normalized spacial score (nSPS) is 10.7. The molecule has 0 aliphatic carbocycles. The maximum Gasteiger partial charge on any atom is 0.246 e. The van der Waals surface area contributed by atoms with Gasteiger partial charge in [0.2, 0.25) is 11.8 Å². The average molecular weight is 312 g/mol. The van der Waals surface area contributed by atoms with Gasteiger partial charge in [-0.25, -0.2) is 0 Å². The molecule has 0 unspecified atom stereocenters. The highest BCUT2D eigenvalue weighted by molar-refractivity contribution is 5.92. The number of rotatable bonds is 5. The van der Waals surface area contributed by atoms with Crippen molar-refractivity contribution in [1.82, 2.24) is 14.7 Å². The monoisotopic (exact) mass is 312 g/mol. The van der Waals surface area contributed by atoms with Crippen molar-refractivity contribution in [2.24, 2.45) is 7.05 Å². The smallest absolute Gasteiger partial charge is 0.246 e. The summed E-state index contributed by atoms with van der Waals surface area (Å²) in [6.45, 7) is 1.98. The molecule has 1 aromatic carbocycles. The second-order valence-corrected chi connectivity index (χ2v) is 5.35. The molecule has 6 heteroatoms. The van der Waals surface area contributed by atoms with Crippen LogP contribution in [-0.4, -0.2) is 33.5 Å². The summed E-state index contributed by atoms with van der Waals surface area (Å²) in [5.41, 5.74) is 2.60. The number of hydrogen-bond acceptors (Lipinski definition) is 3. The molecule has 0 aliphatic heterocycles. The Morgan fingerprint density at radius 1 is 1.30 bits per heavy atom. The maximum atomic E-state index is 12.1. The zero-order chi connectivity index (χ0) is 16.8. The molecule has 2 amide bonds. The number of aryl methyl sites for hydroxylation is 1. The number of hydrogen-bond donors (Lipinski definition) is 1. The molecule has 0 aliphatic rings. The first-order valence-electron chi connectivity index (χ1n) is 7.22. The van der Waals surface area contributed by atoms with E-state index >= 15 is 0 Å². The molecule has 0 atom stereocenters. The molecule has 0 fully saturated rings. The fourth-order valence-electron chi connectivity index (χ4n) is 2.08. The Labute approximate surface area is 135 Å². The van der Waals surface area contributed by atoms with Crippen LogP contribution in [0.2, 0.25) is 0 Å². The summed E-state index contributed by atoms with van der Waals surface area (Å²) in [4.78, 5) is 24.7. The third kappa shape index (κ3) is 5.10. The van der Waals surface area contributed by atoms with Crippen LogP contribution in [0.4, 0.5) is 5.69 Å². The third-order valence-electron chi connectivity index (χ3n) is 3.20. The molecular formula is C17H20N4O2. The molecule has 0 spiro atoms. The van der Waals surface area contributed by atoms with Crippen LogP contribution in [0, 0.1) is 0 Å². The van der Waals surface area contributed by atoms with E-state index in [1.165, 1.54) is 13.0 Å².